The zero-order valence-corrected chi connectivity index (χ0v) is 10.7. The highest BCUT2D eigenvalue weighted by Gasteiger charge is 2.22. The van der Waals surface area contributed by atoms with E-state index in [1.165, 1.54) is 6.42 Å². The Balaban J connectivity index is 4.07. The highest BCUT2D eigenvalue weighted by Crippen LogP contribution is 2.19. The van der Waals surface area contributed by atoms with Gasteiger partial charge in [0.2, 0.25) is 0 Å². The normalized spacial score (nSPS) is 14.8. The molecule has 86 valence electrons. The Bertz CT molecular complexity index is 143. The summed E-state index contributed by atoms with van der Waals surface area (Å²) in [7, 11) is 1.79. The van der Waals surface area contributed by atoms with E-state index in [4.69, 9.17) is 4.74 Å². The van der Waals surface area contributed by atoms with Crippen LogP contribution in [0.15, 0.2) is 0 Å². The van der Waals surface area contributed by atoms with Gasteiger partial charge >= 0.3 is 0 Å². The Labute approximate surface area is 89.4 Å². The van der Waals surface area contributed by atoms with Crippen molar-refractivity contribution in [2.24, 2.45) is 5.92 Å². The van der Waals surface area contributed by atoms with Crippen molar-refractivity contribution in [3.63, 3.8) is 0 Å². The molecule has 0 saturated heterocycles. The molecule has 0 fully saturated rings. The maximum atomic E-state index is 5.46. The second-order valence-corrected chi connectivity index (χ2v) is 5.05. The average molecular weight is 201 g/mol. The molecule has 2 heteroatoms. The first-order valence-electron chi connectivity index (χ1n) is 5.69. The Morgan fingerprint density at radius 2 is 1.86 bits per heavy atom. The van der Waals surface area contributed by atoms with Crippen LogP contribution in [0.5, 0.6) is 0 Å². The largest absolute Gasteiger partial charge is 0.379 e. The van der Waals surface area contributed by atoms with Crippen LogP contribution in [-0.2, 0) is 4.74 Å². The number of methoxy groups -OCH3 is 1. The number of rotatable bonds is 7. The van der Waals surface area contributed by atoms with Crippen LogP contribution in [0.25, 0.3) is 0 Å². The van der Waals surface area contributed by atoms with Crippen LogP contribution < -0.4 is 5.32 Å². The first-order valence-corrected chi connectivity index (χ1v) is 5.69. The second kappa shape index (κ2) is 6.41. The first-order chi connectivity index (χ1) is 6.41. The molecule has 0 aliphatic heterocycles. The van der Waals surface area contributed by atoms with Crippen molar-refractivity contribution in [1.82, 2.24) is 5.32 Å². The van der Waals surface area contributed by atoms with Gasteiger partial charge in [0.25, 0.3) is 0 Å². The summed E-state index contributed by atoms with van der Waals surface area (Å²) in [5.74, 6) is 0.742. The molecule has 0 amide bonds. The third kappa shape index (κ3) is 6.39. The fourth-order valence-corrected chi connectivity index (χ4v) is 1.77. The number of hydrogen-bond acceptors (Lipinski definition) is 2. The molecule has 1 unspecified atom stereocenters. The van der Waals surface area contributed by atoms with Gasteiger partial charge in [-0.2, -0.15) is 0 Å². The highest BCUT2D eigenvalue weighted by molar-refractivity contribution is 4.78. The van der Waals surface area contributed by atoms with Crippen LogP contribution >= 0.6 is 0 Å². The third-order valence-corrected chi connectivity index (χ3v) is 2.54. The van der Waals surface area contributed by atoms with E-state index in [1.54, 1.807) is 7.11 Å². The molecular weight excluding hydrogens is 174 g/mol. The van der Waals surface area contributed by atoms with E-state index in [1.807, 2.05) is 0 Å². The molecule has 0 aromatic heterocycles. The molecule has 0 aromatic rings. The van der Waals surface area contributed by atoms with Crippen molar-refractivity contribution in [1.29, 1.82) is 0 Å². The number of ether oxygens (including phenoxy) is 1. The van der Waals surface area contributed by atoms with Gasteiger partial charge in [0.05, 0.1) is 5.60 Å². The van der Waals surface area contributed by atoms with Gasteiger partial charge in [0.15, 0.2) is 0 Å². The van der Waals surface area contributed by atoms with E-state index in [0.29, 0.717) is 6.04 Å². The lowest BCUT2D eigenvalue weighted by Crippen LogP contribution is -2.38. The molecule has 0 aliphatic rings. The predicted molar refractivity (Wildman–Crippen MR) is 62.6 cm³/mol. The van der Waals surface area contributed by atoms with Crippen molar-refractivity contribution in [3.05, 3.63) is 0 Å². The monoisotopic (exact) mass is 201 g/mol. The first kappa shape index (κ1) is 13.9. The lowest BCUT2D eigenvalue weighted by molar-refractivity contribution is 0.00556. The summed E-state index contributed by atoms with van der Waals surface area (Å²) in [6, 6.07) is 0.579. The second-order valence-electron chi connectivity index (χ2n) is 5.05. The third-order valence-electron chi connectivity index (χ3n) is 2.54. The van der Waals surface area contributed by atoms with Crippen molar-refractivity contribution in [2.45, 2.75) is 59.1 Å². The summed E-state index contributed by atoms with van der Waals surface area (Å²) in [5.41, 5.74) is -0.0122. The number of hydrogen-bond donors (Lipinski definition) is 1. The summed E-state index contributed by atoms with van der Waals surface area (Å²) in [5, 5.41) is 3.52. The van der Waals surface area contributed by atoms with E-state index >= 15 is 0 Å². The molecule has 0 spiro atoms. The minimum Gasteiger partial charge on any atom is -0.379 e. The minimum atomic E-state index is -0.0122. The molecule has 0 heterocycles. The van der Waals surface area contributed by atoms with Crippen LogP contribution in [0, 0.1) is 5.92 Å². The van der Waals surface area contributed by atoms with Crippen LogP contribution in [0.3, 0.4) is 0 Å². The van der Waals surface area contributed by atoms with Crippen LogP contribution in [0.4, 0.5) is 0 Å². The van der Waals surface area contributed by atoms with E-state index in [-0.39, 0.29) is 5.60 Å². The summed E-state index contributed by atoms with van der Waals surface area (Å²) >= 11 is 0. The average Bonchev–Trinajstić information content (AvgIpc) is 2.03. The standard InChI is InChI=1S/C12H27NO/c1-7-13-11(8-10(2)3)9-12(4,5)14-6/h10-11,13H,7-9H2,1-6H3. The van der Waals surface area contributed by atoms with Gasteiger partial charge < -0.3 is 10.1 Å². The van der Waals surface area contributed by atoms with E-state index in [2.05, 4.69) is 39.9 Å². The summed E-state index contributed by atoms with van der Waals surface area (Å²) < 4.78 is 5.46. The maximum absolute atomic E-state index is 5.46. The topological polar surface area (TPSA) is 21.3 Å². The fraction of sp³-hybridized carbons (Fsp3) is 1.00. The Morgan fingerprint density at radius 3 is 2.21 bits per heavy atom. The lowest BCUT2D eigenvalue weighted by Gasteiger charge is -2.30. The Morgan fingerprint density at radius 1 is 1.29 bits per heavy atom. The van der Waals surface area contributed by atoms with E-state index in [9.17, 15) is 0 Å². The molecule has 0 aromatic carbocycles. The fourth-order valence-electron chi connectivity index (χ4n) is 1.77. The summed E-state index contributed by atoms with van der Waals surface area (Å²) in [6.45, 7) is 12.0. The molecule has 0 saturated carbocycles. The molecule has 1 N–H and O–H groups in total. The molecular formula is C12H27NO. The Kier molecular flexibility index (Phi) is 6.38. The summed E-state index contributed by atoms with van der Waals surface area (Å²) in [4.78, 5) is 0. The SMILES string of the molecule is CCNC(CC(C)C)CC(C)(C)OC. The van der Waals surface area contributed by atoms with Gasteiger partial charge in [-0.3, -0.25) is 0 Å². The van der Waals surface area contributed by atoms with Gasteiger partial charge in [0, 0.05) is 13.2 Å². The van der Waals surface area contributed by atoms with E-state index in [0.717, 1.165) is 18.9 Å². The Hall–Kier alpha value is -0.0800. The van der Waals surface area contributed by atoms with Crippen molar-refractivity contribution >= 4 is 0 Å². The molecule has 0 bridgehead atoms. The zero-order valence-electron chi connectivity index (χ0n) is 10.7. The molecule has 1 atom stereocenters. The number of nitrogens with one attached hydrogen (secondary N) is 1. The van der Waals surface area contributed by atoms with Gasteiger partial charge in [-0.15, -0.1) is 0 Å². The smallest absolute Gasteiger partial charge is 0.0637 e. The lowest BCUT2D eigenvalue weighted by atomic mass is 9.93. The minimum absolute atomic E-state index is 0.0122. The van der Waals surface area contributed by atoms with Crippen LogP contribution in [0.2, 0.25) is 0 Å². The summed E-state index contributed by atoms with van der Waals surface area (Å²) in [6.07, 6.45) is 2.30. The van der Waals surface area contributed by atoms with Crippen molar-refractivity contribution in [2.75, 3.05) is 13.7 Å². The quantitative estimate of drug-likeness (QED) is 0.684. The molecule has 0 radical (unpaired) electrons. The molecule has 0 rings (SSSR count). The van der Waals surface area contributed by atoms with Crippen LogP contribution in [-0.4, -0.2) is 25.3 Å². The van der Waals surface area contributed by atoms with Crippen molar-refractivity contribution < 1.29 is 4.74 Å². The molecule has 2 nitrogen and oxygen atoms in total. The maximum Gasteiger partial charge on any atom is 0.0637 e. The van der Waals surface area contributed by atoms with Crippen LogP contribution in [0.1, 0.15) is 47.5 Å². The van der Waals surface area contributed by atoms with Gasteiger partial charge in [-0.05, 0) is 39.2 Å². The van der Waals surface area contributed by atoms with Gasteiger partial charge in [0.1, 0.15) is 0 Å². The van der Waals surface area contributed by atoms with Crippen molar-refractivity contribution in [3.8, 4) is 0 Å². The highest BCUT2D eigenvalue weighted by atomic mass is 16.5. The zero-order chi connectivity index (χ0) is 11.2. The molecule has 0 aliphatic carbocycles. The van der Waals surface area contributed by atoms with Gasteiger partial charge in [-0.1, -0.05) is 20.8 Å². The van der Waals surface area contributed by atoms with E-state index < -0.39 is 0 Å². The molecule has 14 heavy (non-hydrogen) atoms. The predicted octanol–water partition coefficient (Wildman–Crippen LogP) is 2.83. The van der Waals surface area contributed by atoms with Gasteiger partial charge in [-0.25, -0.2) is 0 Å².